The van der Waals surface area contributed by atoms with Crippen LogP contribution in [0.5, 0.6) is 0 Å². The van der Waals surface area contributed by atoms with Gasteiger partial charge < -0.3 is 9.52 Å². The number of rotatable bonds is 5. The molecule has 0 aliphatic rings. The topological polar surface area (TPSA) is 62.5 Å². The SMILES string of the molecule is O=C(O)CC(Cc1ccco1)NI. The van der Waals surface area contributed by atoms with Crippen LogP contribution in [0.1, 0.15) is 12.2 Å². The van der Waals surface area contributed by atoms with E-state index in [-0.39, 0.29) is 12.5 Å². The lowest BCUT2D eigenvalue weighted by Crippen LogP contribution is -2.26. The maximum Gasteiger partial charge on any atom is 0.304 e. The number of carboxylic acid groups (broad SMARTS) is 1. The molecule has 13 heavy (non-hydrogen) atoms. The Morgan fingerprint density at radius 1 is 1.77 bits per heavy atom. The Kier molecular flexibility index (Phi) is 4.23. The second-order valence-electron chi connectivity index (χ2n) is 2.69. The van der Waals surface area contributed by atoms with Gasteiger partial charge in [0, 0.05) is 35.3 Å². The highest BCUT2D eigenvalue weighted by Gasteiger charge is 2.13. The van der Waals surface area contributed by atoms with E-state index in [1.165, 1.54) is 0 Å². The number of halogens is 1. The number of aliphatic carboxylic acids is 1. The van der Waals surface area contributed by atoms with Crippen molar-refractivity contribution in [2.45, 2.75) is 18.9 Å². The zero-order valence-electron chi connectivity index (χ0n) is 6.87. The summed E-state index contributed by atoms with van der Waals surface area (Å²) >= 11 is 1.95. The summed E-state index contributed by atoms with van der Waals surface area (Å²) in [6.45, 7) is 0. The minimum atomic E-state index is -0.805. The molecule has 0 amide bonds. The van der Waals surface area contributed by atoms with Crippen LogP contribution in [0.4, 0.5) is 0 Å². The van der Waals surface area contributed by atoms with Crippen LogP contribution in [0.15, 0.2) is 22.8 Å². The maximum atomic E-state index is 10.4. The van der Waals surface area contributed by atoms with E-state index >= 15 is 0 Å². The largest absolute Gasteiger partial charge is 0.481 e. The van der Waals surface area contributed by atoms with Crippen LogP contribution in [0.25, 0.3) is 0 Å². The molecule has 0 radical (unpaired) electrons. The first-order valence-electron chi connectivity index (χ1n) is 3.82. The van der Waals surface area contributed by atoms with Crippen molar-refractivity contribution >= 4 is 28.8 Å². The van der Waals surface area contributed by atoms with E-state index in [0.717, 1.165) is 5.76 Å². The molecular formula is C8H10INO3. The van der Waals surface area contributed by atoms with Crippen molar-refractivity contribution in [3.05, 3.63) is 24.2 Å². The van der Waals surface area contributed by atoms with Gasteiger partial charge in [-0.1, -0.05) is 0 Å². The average Bonchev–Trinajstić information content (AvgIpc) is 2.55. The van der Waals surface area contributed by atoms with Crippen LogP contribution < -0.4 is 3.53 Å². The summed E-state index contributed by atoms with van der Waals surface area (Å²) in [5.41, 5.74) is 0. The van der Waals surface area contributed by atoms with Gasteiger partial charge in [0.2, 0.25) is 0 Å². The van der Waals surface area contributed by atoms with Gasteiger partial charge in [-0.15, -0.1) is 0 Å². The second-order valence-corrected chi connectivity index (χ2v) is 3.31. The lowest BCUT2D eigenvalue weighted by molar-refractivity contribution is -0.137. The average molecular weight is 295 g/mol. The van der Waals surface area contributed by atoms with Crippen molar-refractivity contribution in [1.29, 1.82) is 0 Å². The molecule has 1 rings (SSSR count). The first-order chi connectivity index (χ1) is 6.22. The molecular weight excluding hydrogens is 285 g/mol. The molecule has 0 aromatic carbocycles. The van der Waals surface area contributed by atoms with E-state index in [1.807, 2.05) is 28.9 Å². The Bertz CT molecular complexity index is 260. The minimum Gasteiger partial charge on any atom is -0.481 e. The molecule has 4 nitrogen and oxygen atoms in total. The van der Waals surface area contributed by atoms with Crippen LogP contribution in [0.2, 0.25) is 0 Å². The van der Waals surface area contributed by atoms with E-state index in [9.17, 15) is 4.79 Å². The fourth-order valence-corrected chi connectivity index (χ4v) is 1.47. The maximum absolute atomic E-state index is 10.4. The van der Waals surface area contributed by atoms with E-state index in [1.54, 1.807) is 12.3 Å². The standard InChI is InChI=1S/C8H10INO3/c9-10-6(5-8(11)12)4-7-2-1-3-13-7/h1-3,6,10H,4-5H2,(H,11,12). The molecule has 5 heteroatoms. The van der Waals surface area contributed by atoms with Gasteiger partial charge in [0.15, 0.2) is 0 Å². The molecule has 1 aromatic heterocycles. The highest BCUT2D eigenvalue weighted by molar-refractivity contribution is 14.1. The third-order valence-corrected chi connectivity index (χ3v) is 2.48. The van der Waals surface area contributed by atoms with Gasteiger partial charge >= 0.3 is 5.97 Å². The number of hydrogen-bond donors (Lipinski definition) is 2. The minimum absolute atomic E-state index is 0.0794. The summed E-state index contributed by atoms with van der Waals surface area (Å²) in [5.74, 6) is -0.00358. The summed E-state index contributed by atoms with van der Waals surface area (Å²) in [7, 11) is 0. The first kappa shape index (κ1) is 10.5. The Labute approximate surface area is 89.8 Å². The lowest BCUT2D eigenvalue weighted by Gasteiger charge is -2.09. The zero-order chi connectivity index (χ0) is 9.68. The molecule has 1 unspecified atom stereocenters. The molecule has 0 saturated heterocycles. The molecule has 1 aromatic rings. The van der Waals surface area contributed by atoms with Crippen LogP contribution in [-0.2, 0) is 11.2 Å². The van der Waals surface area contributed by atoms with E-state index in [4.69, 9.17) is 9.52 Å². The number of carbonyl (C=O) groups is 1. The van der Waals surface area contributed by atoms with Crippen molar-refractivity contribution in [2.75, 3.05) is 0 Å². The third-order valence-electron chi connectivity index (χ3n) is 1.60. The quantitative estimate of drug-likeness (QED) is 0.640. The third kappa shape index (κ3) is 3.77. The molecule has 0 saturated carbocycles. The number of hydrogen-bond acceptors (Lipinski definition) is 3. The summed E-state index contributed by atoms with van der Waals surface area (Å²) < 4.78 is 8.01. The summed E-state index contributed by atoms with van der Waals surface area (Å²) in [4.78, 5) is 10.4. The Morgan fingerprint density at radius 3 is 3.00 bits per heavy atom. The molecule has 0 spiro atoms. The van der Waals surface area contributed by atoms with Crippen molar-refractivity contribution < 1.29 is 14.3 Å². The molecule has 0 aliphatic carbocycles. The van der Waals surface area contributed by atoms with Gasteiger partial charge in [0.1, 0.15) is 5.76 Å². The highest BCUT2D eigenvalue weighted by Crippen LogP contribution is 2.07. The van der Waals surface area contributed by atoms with Gasteiger partial charge in [-0.2, -0.15) is 0 Å². The van der Waals surface area contributed by atoms with Gasteiger partial charge in [0.05, 0.1) is 12.7 Å². The molecule has 1 atom stereocenters. The highest BCUT2D eigenvalue weighted by atomic mass is 127. The van der Waals surface area contributed by atoms with Crippen LogP contribution in [-0.4, -0.2) is 17.1 Å². The van der Waals surface area contributed by atoms with Crippen LogP contribution in [0, 0.1) is 0 Å². The summed E-state index contributed by atoms with van der Waals surface area (Å²) in [6.07, 6.45) is 2.28. The number of carboxylic acids is 1. The molecule has 0 fully saturated rings. The van der Waals surface area contributed by atoms with E-state index in [0.29, 0.717) is 6.42 Å². The molecule has 2 N–H and O–H groups in total. The van der Waals surface area contributed by atoms with Gasteiger partial charge in [-0.25, -0.2) is 0 Å². The van der Waals surface area contributed by atoms with Crippen molar-refractivity contribution in [3.63, 3.8) is 0 Å². The van der Waals surface area contributed by atoms with E-state index < -0.39 is 5.97 Å². The van der Waals surface area contributed by atoms with Crippen LogP contribution >= 0.6 is 22.9 Å². The zero-order valence-corrected chi connectivity index (χ0v) is 9.02. The smallest absolute Gasteiger partial charge is 0.304 e. The lowest BCUT2D eigenvalue weighted by atomic mass is 10.1. The number of furan rings is 1. The fourth-order valence-electron chi connectivity index (χ4n) is 1.03. The Balaban J connectivity index is 2.45. The fraction of sp³-hybridized carbons (Fsp3) is 0.375. The van der Waals surface area contributed by atoms with Crippen LogP contribution in [0.3, 0.4) is 0 Å². The molecule has 0 aliphatic heterocycles. The Morgan fingerprint density at radius 2 is 2.54 bits per heavy atom. The summed E-state index contributed by atoms with van der Waals surface area (Å²) in [5, 5.41) is 8.57. The monoisotopic (exact) mass is 295 g/mol. The van der Waals surface area contributed by atoms with E-state index in [2.05, 4.69) is 3.53 Å². The van der Waals surface area contributed by atoms with Crippen molar-refractivity contribution in [3.8, 4) is 0 Å². The van der Waals surface area contributed by atoms with Gasteiger partial charge in [0.25, 0.3) is 0 Å². The predicted octanol–water partition coefficient (Wildman–Crippen LogP) is 1.61. The number of nitrogens with one attached hydrogen (secondary N) is 1. The first-order valence-corrected chi connectivity index (χ1v) is 4.90. The van der Waals surface area contributed by atoms with Crippen molar-refractivity contribution in [1.82, 2.24) is 3.53 Å². The molecule has 1 heterocycles. The predicted molar refractivity (Wildman–Crippen MR) is 55.6 cm³/mol. The summed E-state index contributed by atoms with van der Waals surface area (Å²) in [6, 6.07) is 3.55. The van der Waals surface area contributed by atoms with Gasteiger partial charge in [-0.05, 0) is 12.1 Å². The molecule has 0 bridgehead atoms. The molecule has 72 valence electrons. The normalized spacial score (nSPS) is 12.7. The second kappa shape index (κ2) is 5.23. The Hall–Kier alpha value is -0.560. The van der Waals surface area contributed by atoms with Crippen molar-refractivity contribution in [2.24, 2.45) is 0 Å². The van der Waals surface area contributed by atoms with Gasteiger partial charge in [-0.3, -0.25) is 8.32 Å².